The van der Waals surface area contributed by atoms with Crippen molar-refractivity contribution in [3.63, 3.8) is 0 Å². The number of nitrogens with one attached hydrogen (secondary N) is 1. The van der Waals surface area contributed by atoms with Crippen LogP contribution >= 0.6 is 11.3 Å². The molecule has 3 rings (SSSR count). The summed E-state index contributed by atoms with van der Waals surface area (Å²) in [5, 5.41) is 3.32. The van der Waals surface area contributed by atoms with Crippen LogP contribution in [0.5, 0.6) is 0 Å². The molecule has 5 heteroatoms. The van der Waals surface area contributed by atoms with Gasteiger partial charge in [0.05, 0.1) is 12.1 Å². The van der Waals surface area contributed by atoms with Gasteiger partial charge in [-0.25, -0.2) is 4.98 Å². The van der Waals surface area contributed by atoms with Crippen molar-refractivity contribution in [1.29, 1.82) is 0 Å². The molecular formula is C13H12N4S. The predicted molar refractivity (Wildman–Crippen MR) is 73.0 cm³/mol. The van der Waals surface area contributed by atoms with E-state index in [0.29, 0.717) is 0 Å². The molecule has 0 spiro atoms. The van der Waals surface area contributed by atoms with E-state index in [-0.39, 0.29) is 0 Å². The summed E-state index contributed by atoms with van der Waals surface area (Å²) in [6.45, 7) is 0.745. The monoisotopic (exact) mass is 256 g/mol. The minimum atomic E-state index is 0.745. The van der Waals surface area contributed by atoms with Crippen LogP contribution in [0.3, 0.4) is 0 Å². The van der Waals surface area contributed by atoms with E-state index in [0.717, 1.165) is 18.2 Å². The highest BCUT2D eigenvalue weighted by Gasteiger charge is 2.04. The number of rotatable bonds is 4. The van der Waals surface area contributed by atoms with Gasteiger partial charge in [0.25, 0.3) is 0 Å². The number of imidazole rings is 1. The fourth-order valence-corrected chi connectivity index (χ4v) is 2.26. The molecule has 2 heterocycles. The number of nitrogens with zero attached hydrogens (tertiary/aromatic N) is 3. The first-order valence-electron chi connectivity index (χ1n) is 5.63. The zero-order valence-electron chi connectivity index (χ0n) is 9.65. The second-order valence-corrected chi connectivity index (χ2v) is 4.75. The van der Waals surface area contributed by atoms with Crippen molar-refractivity contribution in [2.45, 2.75) is 6.54 Å². The third-order valence-electron chi connectivity index (χ3n) is 2.58. The van der Waals surface area contributed by atoms with Crippen LogP contribution in [0.25, 0.3) is 5.69 Å². The van der Waals surface area contributed by atoms with Crippen molar-refractivity contribution in [2.24, 2.45) is 0 Å². The summed E-state index contributed by atoms with van der Waals surface area (Å²) in [5.41, 5.74) is 2.93. The van der Waals surface area contributed by atoms with Gasteiger partial charge in [0, 0.05) is 29.2 Å². The van der Waals surface area contributed by atoms with Crippen LogP contribution in [0.15, 0.2) is 54.4 Å². The average molecular weight is 256 g/mol. The molecule has 0 aliphatic carbocycles. The maximum absolute atomic E-state index is 4.33. The molecule has 1 N–H and O–H groups in total. The Hall–Kier alpha value is -2.14. The highest BCUT2D eigenvalue weighted by molar-refractivity contribution is 7.09. The fraction of sp³-hybridized carbons (Fsp3) is 0.0769. The van der Waals surface area contributed by atoms with E-state index in [4.69, 9.17) is 0 Å². The molecule has 0 atom stereocenters. The summed E-state index contributed by atoms with van der Waals surface area (Å²) < 4.78 is 2.03. The van der Waals surface area contributed by atoms with E-state index < -0.39 is 0 Å². The Morgan fingerprint density at radius 1 is 1.22 bits per heavy atom. The Balaban J connectivity index is 1.80. The van der Waals surface area contributed by atoms with Crippen LogP contribution in [0.1, 0.15) is 4.88 Å². The molecule has 0 radical (unpaired) electrons. The lowest BCUT2D eigenvalue weighted by atomic mass is 10.3. The van der Waals surface area contributed by atoms with Gasteiger partial charge in [-0.3, -0.25) is 9.55 Å². The molecule has 0 bridgehead atoms. The lowest BCUT2D eigenvalue weighted by molar-refractivity contribution is 1.01. The highest BCUT2D eigenvalue weighted by Crippen LogP contribution is 2.15. The van der Waals surface area contributed by atoms with Gasteiger partial charge < -0.3 is 5.32 Å². The van der Waals surface area contributed by atoms with Crippen molar-refractivity contribution in [3.05, 3.63) is 59.3 Å². The normalized spacial score (nSPS) is 10.4. The molecule has 2 aromatic heterocycles. The first kappa shape index (κ1) is 11.0. The van der Waals surface area contributed by atoms with Crippen molar-refractivity contribution in [1.82, 2.24) is 14.5 Å². The molecular weight excluding hydrogens is 244 g/mol. The van der Waals surface area contributed by atoms with Crippen LogP contribution in [0.2, 0.25) is 0 Å². The SMILES string of the molecule is c1ccc(-n2ccnc2NCc2cncs2)cc1. The van der Waals surface area contributed by atoms with Gasteiger partial charge >= 0.3 is 0 Å². The van der Waals surface area contributed by atoms with Gasteiger partial charge in [0.2, 0.25) is 5.95 Å². The van der Waals surface area contributed by atoms with Gasteiger partial charge in [-0.05, 0) is 12.1 Å². The lowest BCUT2D eigenvalue weighted by Crippen LogP contribution is -2.05. The topological polar surface area (TPSA) is 42.7 Å². The number of anilines is 1. The first-order chi connectivity index (χ1) is 8.93. The summed E-state index contributed by atoms with van der Waals surface area (Å²) >= 11 is 1.64. The van der Waals surface area contributed by atoms with Crippen LogP contribution in [0.4, 0.5) is 5.95 Å². The Labute approximate surface area is 109 Å². The molecule has 0 aliphatic rings. The molecule has 3 aromatic rings. The van der Waals surface area contributed by atoms with E-state index in [1.54, 1.807) is 17.5 Å². The van der Waals surface area contributed by atoms with Gasteiger partial charge in [0.15, 0.2) is 0 Å². The van der Waals surface area contributed by atoms with Gasteiger partial charge in [-0.1, -0.05) is 18.2 Å². The molecule has 0 saturated heterocycles. The average Bonchev–Trinajstić information content (AvgIpc) is 3.09. The summed E-state index contributed by atoms with van der Waals surface area (Å²) in [4.78, 5) is 9.57. The molecule has 0 unspecified atom stereocenters. The molecule has 90 valence electrons. The zero-order valence-corrected chi connectivity index (χ0v) is 10.5. The standard InChI is InChI=1S/C13H12N4S/c1-2-4-11(5-3-1)17-7-6-15-13(17)16-9-12-8-14-10-18-12/h1-8,10H,9H2,(H,15,16). The summed E-state index contributed by atoms with van der Waals surface area (Å²) in [6, 6.07) is 10.1. The summed E-state index contributed by atoms with van der Waals surface area (Å²) in [5.74, 6) is 0.842. The molecule has 4 nitrogen and oxygen atoms in total. The third-order valence-corrected chi connectivity index (χ3v) is 3.36. The summed E-state index contributed by atoms with van der Waals surface area (Å²) in [6.07, 6.45) is 5.61. The molecule has 1 aromatic carbocycles. The van der Waals surface area contributed by atoms with Crippen molar-refractivity contribution in [2.75, 3.05) is 5.32 Å². The van der Waals surface area contributed by atoms with Crippen molar-refractivity contribution >= 4 is 17.3 Å². The molecule has 0 fully saturated rings. The second-order valence-electron chi connectivity index (χ2n) is 3.78. The Bertz CT molecular complexity index is 601. The lowest BCUT2D eigenvalue weighted by Gasteiger charge is -2.08. The number of hydrogen-bond acceptors (Lipinski definition) is 4. The summed E-state index contributed by atoms with van der Waals surface area (Å²) in [7, 11) is 0. The predicted octanol–water partition coefficient (Wildman–Crippen LogP) is 2.94. The van der Waals surface area contributed by atoms with Crippen LogP contribution in [-0.2, 0) is 6.54 Å². The van der Waals surface area contributed by atoms with Crippen molar-refractivity contribution in [3.8, 4) is 5.69 Å². The van der Waals surface area contributed by atoms with Crippen molar-refractivity contribution < 1.29 is 0 Å². The maximum atomic E-state index is 4.33. The Morgan fingerprint density at radius 3 is 2.89 bits per heavy atom. The van der Waals surface area contributed by atoms with Crippen LogP contribution in [0, 0.1) is 0 Å². The minimum absolute atomic E-state index is 0.745. The van der Waals surface area contributed by atoms with E-state index in [2.05, 4.69) is 27.4 Å². The van der Waals surface area contributed by atoms with E-state index in [1.165, 1.54) is 4.88 Å². The molecule has 18 heavy (non-hydrogen) atoms. The first-order valence-corrected chi connectivity index (χ1v) is 6.51. The van der Waals surface area contributed by atoms with Crippen LogP contribution < -0.4 is 5.32 Å². The fourth-order valence-electron chi connectivity index (χ4n) is 1.73. The largest absolute Gasteiger partial charge is 0.350 e. The molecule has 0 aliphatic heterocycles. The maximum Gasteiger partial charge on any atom is 0.207 e. The second kappa shape index (κ2) is 5.01. The smallest absolute Gasteiger partial charge is 0.207 e. The number of para-hydroxylation sites is 1. The third kappa shape index (κ3) is 2.26. The quantitative estimate of drug-likeness (QED) is 0.780. The number of hydrogen-bond donors (Lipinski definition) is 1. The van der Waals surface area contributed by atoms with Gasteiger partial charge in [0.1, 0.15) is 0 Å². The number of thiazole rings is 1. The van der Waals surface area contributed by atoms with E-state index in [9.17, 15) is 0 Å². The number of aromatic nitrogens is 3. The van der Waals surface area contributed by atoms with Crippen LogP contribution in [-0.4, -0.2) is 14.5 Å². The van der Waals surface area contributed by atoms with E-state index >= 15 is 0 Å². The minimum Gasteiger partial charge on any atom is -0.350 e. The molecule has 0 saturated carbocycles. The van der Waals surface area contributed by atoms with Gasteiger partial charge in [-0.15, -0.1) is 11.3 Å². The van der Waals surface area contributed by atoms with E-state index in [1.807, 2.05) is 40.7 Å². The Morgan fingerprint density at radius 2 is 2.11 bits per heavy atom. The number of benzene rings is 1. The highest BCUT2D eigenvalue weighted by atomic mass is 32.1. The Kier molecular flexibility index (Phi) is 3.06. The van der Waals surface area contributed by atoms with Gasteiger partial charge in [-0.2, -0.15) is 0 Å². The molecule has 0 amide bonds. The zero-order chi connectivity index (χ0) is 12.2.